The second-order valence-corrected chi connectivity index (χ2v) is 15.5. The van der Waals surface area contributed by atoms with Gasteiger partial charge in [0.25, 0.3) is 5.91 Å². The largest absolute Gasteiger partial charge is 0.497 e. The van der Waals surface area contributed by atoms with Crippen LogP contribution in [0.25, 0.3) is 11.3 Å². The number of benzene rings is 3. The minimum Gasteiger partial charge on any atom is -0.497 e. The highest BCUT2D eigenvalue weighted by molar-refractivity contribution is 5.95. The summed E-state index contributed by atoms with van der Waals surface area (Å²) in [7, 11) is 3.34. The number of aryl methyl sites for hydroxylation is 1. The third-order valence-corrected chi connectivity index (χ3v) is 11.7. The van der Waals surface area contributed by atoms with Gasteiger partial charge in [-0.2, -0.15) is 4.98 Å². The molecule has 14 heteroatoms. The molecule has 0 radical (unpaired) electrons. The van der Waals surface area contributed by atoms with E-state index in [9.17, 15) is 4.79 Å². The molecule has 0 bridgehead atoms. The molecule has 3 aliphatic rings. The van der Waals surface area contributed by atoms with Crippen LogP contribution < -0.4 is 29.1 Å². The number of hydrogen-bond acceptors (Lipinski definition) is 13. The predicted octanol–water partition coefficient (Wildman–Crippen LogP) is 6.35. The van der Waals surface area contributed by atoms with Crippen molar-refractivity contribution in [2.75, 3.05) is 92.8 Å². The molecular weight excluding hydrogens is 769 g/mol. The Morgan fingerprint density at radius 1 is 0.738 bits per heavy atom. The second-order valence-electron chi connectivity index (χ2n) is 15.5. The lowest BCUT2D eigenvalue weighted by Gasteiger charge is -2.36. The van der Waals surface area contributed by atoms with Gasteiger partial charge in [-0.1, -0.05) is 24.3 Å². The summed E-state index contributed by atoms with van der Waals surface area (Å²) in [6.45, 7) is 9.53. The minimum absolute atomic E-state index is 0.0556. The first kappa shape index (κ1) is 39.6. The highest BCUT2D eigenvalue weighted by Crippen LogP contribution is 2.40. The van der Waals surface area contributed by atoms with Crippen LogP contribution in [-0.2, 0) is 24.2 Å². The average molecular weight is 819 g/mol. The van der Waals surface area contributed by atoms with E-state index in [-0.39, 0.29) is 5.91 Å². The van der Waals surface area contributed by atoms with Gasteiger partial charge in [0.1, 0.15) is 17.3 Å². The Hall–Kier alpha value is -6.80. The average Bonchev–Trinajstić information content (AvgIpc) is 3.75. The minimum atomic E-state index is 0.0556. The topological polar surface area (TPSA) is 125 Å². The number of hydrogen-bond donors (Lipinski definition) is 0. The normalized spacial score (nSPS) is 15.1. The summed E-state index contributed by atoms with van der Waals surface area (Å²) in [5.41, 5.74) is 8.79. The van der Waals surface area contributed by atoms with Gasteiger partial charge >= 0.3 is 0 Å². The van der Waals surface area contributed by atoms with E-state index in [0.717, 1.165) is 88.3 Å². The summed E-state index contributed by atoms with van der Waals surface area (Å²) in [4.78, 5) is 49.2. The molecule has 2 fully saturated rings. The number of anilines is 5. The molecule has 14 nitrogen and oxygen atoms in total. The smallest absolute Gasteiger partial charge is 0.253 e. The first-order valence-electron chi connectivity index (χ1n) is 20.8. The molecule has 0 aliphatic carbocycles. The van der Waals surface area contributed by atoms with E-state index in [1.807, 2.05) is 78.2 Å². The Morgan fingerprint density at radius 3 is 1.98 bits per heavy atom. The third kappa shape index (κ3) is 8.62. The highest BCUT2D eigenvalue weighted by atomic mass is 16.5. The molecule has 3 aliphatic heterocycles. The lowest BCUT2D eigenvalue weighted by Crippen LogP contribution is -2.48. The number of piperazine rings is 1. The number of methoxy groups -OCH3 is 2. The third-order valence-electron chi connectivity index (χ3n) is 11.7. The Bertz CT molecular complexity index is 2390. The van der Waals surface area contributed by atoms with Crippen LogP contribution in [0.1, 0.15) is 32.6 Å². The summed E-state index contributed by atoms with van der Waals surface area (Å²) >= 11 is 0. The van der Waals surface area contributed by atoms with Crippen molar-refractivity contribution >= 4 is 35.0 Å². The summed E-state index contributed by atoms with van der Waals surface area (Å²) in [6.07, 6.45) is 8.13. The Kier molecular flexibility index (Phi) is 11.6. The van der Waals surface area contributed by atoms with Crippen LogP contribution in [0.5, 0.6) is 11.5 Å². The number of rotatable bonds is 12. The SMILES string of the molecule is COc1ccc(CN(Cc2ccc(OC)cc2)c2ncc(-c3nc(N4CCOCC4)nc4c3CCN4c3ccc(C(=O)N4CCN(c5ccncc5)CC4)cc3C)cn2)cc1. The molecule has 3 aromatic heterocycles. The predicted molar refractivity (Wildman–Crippen MR) is 236 cm³/mol. The molecule has 61 heavy (non-hydrogen) atoms. The Labute approximate surface area is 356 Å². The molecule has 6 heterocycles. The lowest BCUT2D eigenvalue weighted by molar-refractivity contribution is 0.0746. The van der Waals surface area contributed by atoms with Gasteiger partial charge in [-0.3, -0.25) is 9.78 Å². The van der Waals surface area contributed by atoms with Gasteiger partial charge in [-0.25, -0.2) is 15.0 Å². The Morgan fingerprint density at radius 2 is 1.38 bits per heavy atom. The van der Waals surface area contributed by atoms with Gasteiger partial charge in [0.2, 0.25) is 11.9 Å². The zero-order chi connectivity index (χ0) is 41.7. The van der Waals surface area contributed by atoms with E-state index in [1.54, 1.807) is 14.2 Å². The standard InChI is InChI=1S/C47H50N10O4/c1-33-28-36(45(58)54-22-20-53(21-23-54)38-14-17-48-18-15-38)8-13-42(33)57-19-16-41-43(51-47(52-44(41)57)55-24-26-61-27-25-55)37-29-49-46(50-30-37)56(31-34-4-9-39(59-2)10-5-34)32-35-6-11-40(60-3)12-7-35/h4-15,17-18,28-30H,16,19-27,31-32H2,1-3H3. The number of fused-ring (bicyclic) bond motifs is 1. The van der Waals surface area contributed by atoms with E-state index in [1.165, 1.54) is 0 Å². The molecular formula is C47H50N10O4. The summed E-state index contributed by atoms with van der Waals surface area (Å²) < 4.78 is 16.5. The summed E-state index contributed by atoms with van der Waals surface area (Å²) in [5, 5.41) is 0. The van der Waals surface area contributed by atoms with Crippen LogP contribution in [0.3, 0.4) is 0 Å². The maximum atomic E-state index is 13.8. The summed E-state index contributed by atoms with van der Waals surface area (Å²) in [5.74, 6) is 3.80. The first-order chi connectivity index (χ1) is 29.9. The number of ether oxygens (including phenoxy) is 3. The molecule has 1 amide bonds. The van der Waals surface area contributed by atoms with E-state index in [4.69, 9.17) is 34.1 Å². The quantitative estimate of drug-likeness (QED) is 0.136. The molecule has 0 unspecified atom stereocenters. The number of nitrogens with zero attached hydrogens (tertiary/aromatic N) is 10. The second kappa shape index (κ2) is 17.8. The molecule has 0 spiro atoms. The molecule has 6 aromatic rings. The molecule has 3 aromatic carbocycles. The zero-order valence-electron chi connectivity index (χ0n) is 34.9. The van der Waals surface area contributed by atoms with Gasteiger partial charge in [-0.15, -0.1) is 0 Å². The van der Waals surface area contributed by atoms with Crippen molar-refractivity contribution < 1.29 is 19.0 Å². The molecule has 312 valence electrons. The number of morpholine rings is 1. The number of carbonyl (C=O) groups is 1. The van der Waals surface area contributed by atoms with Crippen molar-refractivity contribution in [2.24, 2.45) is 0 Å². The van der Waals surface area contributed by atoms with Crippen molar-refractivity contribution in [3.05, 3.63) is 131 Å². The van der Waals surface area contributed by atoms with Crippen molar-refractivity contribution in [3.63, 3.8) is 0 Å². The van der Waals surface area contributed by atoms with Crippen molar-refractivity contribution in [1.82, 2.24) is 29.8 Å². The van der Waals surface area contributed by atoms with Gasteiger partial charge in [0.05, 0.1) is 33.1 Å². The monoisotopic (exact) mass is 818 g/mol. The van der Waals surface area contributed by atoms with Crippen LogP contribution in [0.4, 0.5) is 29.1 Å². The number of carbonyl (C=O) groups excluding carboxylic acids is 1. The fraction of sp³-hybridized carbons (Fsp3) is 0.319. The Balaban J connectivity index is 0.988. The van der Waals surface area contributed by atoms with Gasteiger partial charge in [0.15, 0.2) is 0 Å². The fourth-order valence-electron chi connectivity index (χ4n) is 8.32. The van der Waals surface area contributed by atoms with Crippen LogP contribution in [0.2, 0.25) is 0 Å². The van der Waals surface area contributed by atoms with Crippen LogP contribution in [0, 0.1) is 6.92 Å². The molecule has 9 rings (SSSR count). The van der Waals surface area contributed by atoms with E-state index in [0.29, 0.717) is 69.9 Å². The number of pyridine rings is 1. The molecule has 0 atom stereocenters. The first-order valence-corrected chi connectivity index (χ1v) is 20.8. The zero-order valence-corrected chi connectivity index (χ0v) is 34.9. The van der Waals surface area contributed by atoms with Gasteiger partial charge < -0.3 is 38.7 Å². The van der Waals surface area contributed by atoms with E-state index >= 15 is 0 Å². The summed E-state index contributed by atoms with van der Waals surface area (Å²) in [6, 6.07) is 26.2. The number of aromatic nitrogens is 5. The van der Waals surface area contributed by atoms with Crippen LogP contribution in [-0.4, -0.2) is 109 Å². The van der Waals surface area contributed by atoms with Crippen molar-refractivity contribution in [2.45, 2.75) is 26.4 Å². The molecule has 0 N–H and O–H groups in total. The van der Waals surface area contributed by atoms with Crippen molar-refractivity contribution in [1.29, 1.82) is 0 Å². The fourth-order valence-corrected chi connectivity index (χ4v) is 8.32. The molecule has 0 saturated carbocycles. The lowest BCUT2D eigenvalue weighted by atomic mass is 10.1. The van der Waals surface area contributed by atoms with Crippen molar-refractivity contribution in [3.8, 4) is 22.8 Å². The van der Waals surface area contributed by atoms with E-state index in [2.05, 4.69) is 61.8 Å². The van der Waals surface area contributed by atoms with Gasteiger partial charge in [0, 0.05) is 112 Å². The maximum absolute atomic E-state index is 13.8. The molecule has 2 saturated heterocycles. The van der Waals surface area contributed by atoms with E-state index < -0.39 is 0 Å². The van der Waals surface area contributed by atoms with Crippen LogP contribution in [0.15, 0.2) is 104 Å². The number of amides is 1. The van der Waals surface area contributed by atoms with Gasteiger partial charge in [-0.05, 0) is 84.6 Å². The van der Waals surface area contributed by atoms with Crippen LogP contribution >= 0.6 is 0 Å². The maximum Gasteiger partial charge on any atom is 0.253 e. The highest BCUT2D eigenvalue weighted by Gasteiger charge is 2.31.